The van der Waals surface area contributed by atoms with Crippen LogP contribution in [0.25, 0.3) is 0 Å². The average Bonchev–Trinajstić information content (AvgIpc) is 2.66. The number of aromatic nitrogens is 3. The summed E-state index contributed by atoms with van der Waals surface area (Å²) < 4.78 is 0. The van der Waals surface area contributed by atoms with Crippen LogP contribution >= 0.6 is 0 Å². The number of anilines is 2. The van der Waals surface area contributed by atoms with E-state index < -0.39 is 0 Å². The van der Waals surface area contributed by atoms with Gasteiger partial charge in [-0.25, -0.2) is 9.97 Å². The molecule has 0 fully saturated rings. The second-order valence-corrected chi connectivity index (χ2v) is 6.59. The summed E-state index contributed by atoms with van der Waals surface area (Å²) in [5, 5.41) is 6.20. The molecule has 0 radical (unpaired) electrons. The van der Waals surface area contributed by atoms with Crippen molar-refractivity contribution in [3.05, 3.63) is 77.5 Å². The van der Waals surface area contributed by atoms with Gasteiger partial charge >= 0.3 is 0 Å². The Morgan fingerprint density at radius 1 is 1.07 bits per heavy atom. The van der Waals surface area contributed by atoms with Crippen LogP contribution in [0.4, 0.5) is 11.5 Å². The van der Waals surface area contributed by atoms with Gasteiger partial charge in [-0.2, -0.15) is 0 Å². The Morgan fingerprint density at radius 3 is 2.56 bits per heavy atom. The molecule has 0 unspecified atom stereocenters. The lowest BCUT2D eigenvalue weighted by molar-refractivity contribution is 0.0945. The van der Waals surface area contributed by atoms with Crippen molar-refractivity contribution >= 4 is 17.4 Å². The number of carbonyl (C=O) groups is 1. The number of rotatable bonds is 6. The fraction of sp³-hybridized carbons (Fsp3) is 0.238. The van der Waals surface area contributed by atoms with Gasteiger partial charge in [0.2, 0.25) is 0 Å². The average molecular weight is 361 g/mol. The number of nitrogens with zero attached hydrogens (tertiary/aromatic N) is 3. The number of carbonyl (C=O) groups excluding carboxylic acids is 1. The maximum absolute atomic E-state index is 12.5. The molecule has 0 saturated carbocycles. The number of hydrogen-bond donors (Lipinski definition) is 2. The molecule has 27 heavy (non-hydrogen) atoms. The third kappa shape index (κ3) is 4.88. The van der Waals surface area contributed by atoms with Gasteiger partial charge in [0, 0.05) is 30.7 Å². The molecule has 6 heteroatoms. The van der Waals surface area contributed by atoms with Crippen LogP contribution in [0.3, 0.4) is 0 Å². The Balaban J connectivity index is 1.77. The Bertz CT molecular complexity index is 925. The largest absolute Gasteiger partial charge is 0.347 e. The molecule has 2 aromatic heterocycles. The molecule has 138 valence electrons. The van der Waals surface area contributed by atoms with Crippen molar-refractivity contribution in [2.24, 2.45) is 0 Å². The van der Waals surface area contributed by atoms with Crippen LogP contribution in [-0.4, -0.2) is 20.9 Å². The van der Waals surface area contributed by atoms with Crippen molar-refractivity contribution in [3.63, 3.8) is 0 Å². The fourth-order valence-electron chi connectivity index (χ4n) is 2.77. The van der Waals surface area contributed by atoms with Gasteiger partial charge in [-0.05, 0) is 42.2 Å². The van der Waals surface area contributed by atoms with Gasteiger partial charge in [0.25, 0.3) is 5.91 Å². The Morgan fingerprint density at radius 2 is 1.81 bits per heavy atom. The third-order valence-corrected chi connectivity index (χ3v) is 4.12. The molecule has 0 bridgehead atoms. The van der Waals surface area contributed by atoms with Crippen LogP contribution in [-0.2, 0) is 6.54 Å². The molecular weight excluding hydrogens is 338 g/mol. The van der Waals surface area contributed by atoms with Gasteiger partial charge in [-0.3, -0.25) is 9.78 Å². The molecular formula is C21H23N5O. The molecule has 0 aliphatic heterocycles. The molecule has 2 heterocycles. The first-order valence-corrected chi connectivity index (χ1v) is 8.91. The molecule has 6 nitrogen and oxygen atoms in total. The van der Waals surface area contributed by atoms with Crippen molar-refractivity contribution in [2.45, 2.75) is 33.2 Å². The van der Waals surface area contributed by atoms with E-state index in [1.54, 1.807) is 25.4 Å². The number of amides is 1. The molecule has 0 saturated heterocycles. The SMILES string of the molecule is Cc1nc(Nc2ccccc2C(C)C)cc(C(=O)NCc2ccncc2)n1. The first kappa shape index (κ1) is 18.5. The predicted octanol–water partition coefficient (Wildman–Crippen LogP) is 3.98. The maximum Gasteiger partial charge on any atom is 0.270 e. The van der Waals surface area contributed by atoms with Crippen LogP contribution < -0.4 is 10.6 Å². The van der Waals surface area contributed by atoms with Crippen LogP contribution in [0.5, 0.6) is 0 Å². The highest BCUT2D eigenvalue weighted by atomic mass is 16.1. The maximum atomic E-state index is 12.5. The van der Waals surface area contributed by atoms with Crippen LogP contribution in [0, 0.1) is 6.92 Å². The smallest absolute Gasteiger partial charge is 0.270 e. The molecule has 0 atom stereocenters. The number of para-hydroxylation sites is 1. The highest BCUT2D eigenvalue weighted by Gasteiger charge is 2.12. The predicted molar refractivity (Wildman–Crippen MR) is 106 cm³/mol. The number of aryl methyl sites for hydroxylation is 1. The van der Waals surface area contributed by atoms with Crippen molar-refractivity contribution in [3.8, 4) is 0 Å². The minimum atomic E-state index is -0.238. The zero-order chi connectivity index (χ0) is 19.2. The zero-order valence-corrected chi connectivity index (χ0v) is 15.7. The van der Waals surface area contributed by atoms with Crippen molar-refractivity contribution in [1.29, 1.82) is 0 Å². The van der Waals surface area contributed by atoms with Crippen molar-refractivity contribution in [2.75, 3.05) is 5.32 Å². The lowest BCUT2D eigenvalue weighted by Crippen LogP contribution is -2.24. The summed E-state index contributed by atoms with van der Waals surface area (Å²) in [5.74, 6) is 1.28. The topological polar surface area (TPSA) is 79.8 Å². The van der Waals surface area contributed by atoms with E-state index in [1.165, 1.54) is 5.56 Å². The van der Waals surface area contributed by atoms with Gasteiger partial charge in [0.1, 0.15) is 17.3 Å². The molecule has 0 aliphatic rings. The van der Waals surface area contributed by atoms with Gasteiger partial charge in [0.15, 0.2) is 0 Å². The van der Waals surface area contributed by atoms with Crippen LogP contribution in [0.1, 0.15) is 47.2 Å². The van der Waals surface area contributed by atoms with Crippen molar-refractivity contribution in [1.82, 2.24) is 20.3 Å². The highest BCUT2D eigenvalue weighted by Crippen LogP contribution is 2.26. The summed E-state index contributed by atoms with van der Waals surface area (Å²) >= 11 is 0. The Kier molecular flexibility index (Phi) is 5.76. The van der Waals surface area contributed by atoms with E-state index in [1.807, 2.05) is 30.3 Å². The first-order chi connectivity index (χ1) is 13.0. The summed E-state index contributed by atoms with van der Waals surface area (Å²) in [4.78, 5) is 25.2. The summed E-state index contributed by atoms with van der Waals surface area (Å²) in [6.45, 7) is 6.48. The summed E-state index contributed by atoms with van der Waals surface area (Å²) in [6, 6.07) is 13.5. The summed E-state index contributed by atoms with van der Waals surface area (Å²) in [7, 11) is 0. The van der Waals surface area contributed by atoms with Gasteiger partial charge < -0.3 is 10.6 Å². The number of pyridine rings is 1. The van der Waals surface area contributed by atoms with Crippen molar-refractivity contribution < 1.29 is 4.79 Å². The lowest BCUT2D eigenvalue weighted by atomic mass is 10.0. The summed E-state index contributed by atoms with van der Waals surface area (Å²) in [5.41, 5.74) is 3.49. The Hall–Kier alpha value is -3.28. The molecule has 0 spiro atoms. The molecule has 3 rings (SSSR count). The first-order valence-electron chi connectivity index (χ1n) is 8.91. The fourth-order valence-corrected chi connectivity index (χ4v) is 2.77. The van der Waals surface area contributed by atoms with Crippen LogP contribution in [0.15, 0.2) is 54.9 Å². The quantitative estimate of drug-likeness (QED) is 0.694. The second kappa shape index (κ2) is 8.40. The van der Waals surface area contributed by atoms with E-state index in [0.717, 1.165) is 11.3 Å². The van der Waals surface area contributed by atoms with Crippen LogP contribution in [0.2, 0.25) is 0 Å². The molecule has 3 aromatic rings. The highest BCUT2D eigenvalue weighted by molar-refractivity contribution is 5.93. The normalized spacial score (nSPS) is 10.7. The molecule has 0 aliphatic carbocycles. The van der Waals surface area contributed by atoms with E-state index in [2.05, 4.69) is 45.5 Å². The number of hydrogen-bond acceptors (Lipinski definition) is 5. The minimum Gasteiger partial charge on any atom is -0.347 e. The number of nitrogens with one attached hydrogen (secondary N) is 2. The summed E-state index contributed by atoms with van der Waals surface area (Å²) in [6.07, 6.45) is 3.40. The Labute approximate surface area is 159 Å². The monoisotopic (exact) mass is 361 g/mol. The lowest BCUT2D eigenvalue weighted by Gasteiger charge is -2.15. The van der Waals surface area contributed by atoms with E-state index in [-0.39, 0.29) is 5.91 Å². The van der Waals surface area contributed by atoms with Gasteiger partial charge in [-0.1, -0.05) is 32.0 Å². The van der Waals surface area contributed by atoms with E-state index in [0.29, 0.717) is 29.8 Å². The molecule has 1 aromatic carbocycles. The van der Waals surface area contributed by atoms with E-state index >= 15 is 0 Å². The zero-order valence-electron chi connectivity index (χ0n) is 15.7. The molecule has 2 N–H and O–H groups in total. The third-order valence-electron chi connectivity index (χ3n) is 4.12. The van der Waals surface area contributed by atoms with Gasteiger partial charge in [0.05, 0.1) is 0 Å². The number of benzene rings is 1. The van der Waals surface area contributed by atoms with E-state index in [9.17, 15) is 4.79 Å². The molecule has 1 amide bonds. The van der Waals surface area contributed by atoms with Gasteiger partial charge in [-0.15, -0.1) is 0 Å². The second-order valence-electron chi connectivity index (χ2n) is 6.59. The van der Waals surface area contributed by atoms with E-state index in [4.69, 9.17) is 0 Å². The minimum absolute atomic E-state index is 0.238. The standard InChI is InChI=1S/C21H23N5O/c1-14(2)17-6-4-5-7-18(17)26-20-12-19(24-15(3)25-20)21(27)23-13-16-8-10-22-11-9-16/h4-12,14H,13H2,1-3H3,(H,23,27)(H,24,25,26).